The fraction of sp³-hybridized carbons (Fsp3) is 0.468. The van der Waals surface area contributed by atoms with Crippen LogP contribution in [0.3, 0.4) is 0 Å². The molecule has 0 radical (unpaired) electrons. The normalized spacial score (nSPS) is 26.3. The number of benzene rings is 3. The van der Waals surface area contributed by atoms with Gasteiger partial charge in [-0.2, -0.15) is 0 Å². The maximum Gasteiger partial charge on any atom is 0.220 e. The van der Waals surface area contributed by atoms with Gasteiger partial charge in [-0.05, 0) is 92.4 Å². The zero-order chi connectivity index (χ0) is 45.1. The number of aliphatic imine (C=N–C) groups is 1. The summed E-state index contributed by atoms with van der Waals surface area (Å²) in [6.07, 6.45) is 0.691. The second kappa shape index (κ2) is 17.2. The van der Waals surface area contributed by atoms with E-state index in [4.69, 9.17) is 18.9 Å². The van der Waals surface area contributed by atoms with E-state index in [9.17, 15) is 45.3 Å². The number of nitrogens with zero attached hydrogens (tertiary/aromatic N) is 2. The standard InChI is InChI=1S/C47H54N4O13/c1-24-11-37(55)34-12-28-13-39(64-61-23-46(60,45(59)42(58)38(56)22-52)16-26-4-8-36(54)32-7-6-31(53)15-33(26)32)47(17-25(3-5-30(47)19-48-2)29-14-40(57)50-18-29)63-43(28)41(44(34)62-24)51-20-27-9-10-49-35(27)21-51/h4,6-12,15,21,25,29-30,38-39,42,45,48,52-54,56,58-60H,3,5,13-14,16-20,22-23H2,1-2H3,(H,50,57)/t25-,29-,30-,38+,39+,42+,45-,46-,47-/m0/s1. The lowest BCUT2D eigenvalue weighted by Gasteiger charge is -2.53. The fourth-order valence-corrected chi connectivity index (χ4v) is 10.5. The Balaban J connectivity index is 1.13. The molecule has 1 spiro atoms. The predicted octanol–water partition coefficient (Wildman–Crippen LogP) is 2.15. The molecule has 2 fully saturated rings. The Bertz CT molecular complexity index is 2630. The number of aromatic hydroxyl groups is 2. The number of ether oxygens (including phenoxy) is 1. The van der Waals surface area contributed by atoms with Crippen molar-refractivity contribution in [1.29, 1.82) is 0 Å². The van der Waals surface area contributed by atoms with E-state index in [2.05, 4.69) is 15.6 Å². The van der Waals surface area contributed by atoms with Gasteiger partial charge in [0.1, 0.15) is 65.2 Å². The van der Waals surface area contributed by atoms with Crippen LogP contribution in [0.15, 0.2) is 80.2 Å². The summed E-state index contributed by atoms with van der Waals surface area (Å²) < 4.78 is 13.9. The average Bonchev–Trinajstić information content (AvgIpc) is 4.02. The van der Waals surface area contributed by atoms with E-state index in [-0.39, 0.29) is 47.0 Å². The third-order valence-electron chi connectivity index (χ3n) is 13.9. The third kappa shape index (κ3) is 7.83. The van der Waals surface area contributed by atoms with E-state index in [0.29, 0.717) is 89.0 Å². The van der Waals surface area contributed by atoms with Crippen LogP contribution in [-0.2, 0) is 27.4 Å². The molecular formula is C47H54N4O13. The highest BCUT2D eigenvalue weighted by Crippen LogP contribution is 2.54. The van der Waals surface area contributed by atoms with Gasteiger partial charge in [-0.25, -0.2) is 9.78 Å². The number of fused-ring (bicyclic) bond motifs is 4. The van der Waals surface area contributed by atoms with Crippen LogP contribution in [0.2, 0.25) is 0 Å². The number of amides is 1. The monoisotopic (exact) mass is 882 g/mol. The Morgan fingerprint density at radius 1 is 1.05 bits per heavy atom. The Kier molecular flexibility index (Phi) is 11.8. The fourth-order valence-electron chi connectivity index (χ4n) is 10.5. The minimum absolute atomic E-state index is 0.0182. The summed E-state index contributed by atoms with van der Waals surface area (Å²) in [4.78, 5) is 45.3. The Hall–Kier alpha value is -5.37. The molecule has 3 aromatic carbocycles. The zero-order valence-electron chi connectivity index (χ0n) is 35.6. The van der Waals surface area contributed by atoms with E-state index in [0.717, 1.165) is 17.7 Å². The van der Waals surface area contributed by atoms with Crippen LogP contribution in [0.4, 0.5) is 5.69 Å². The van der Waals surface area contributed by atoms with Crippen LogP contribution < -0.4 is 25.7 Å². The van der Waals surface area contributed by atoms with Gasteiger partial charge in [-0.3, -0.25) is 14.6 Å². The third-order valence-corrected chi connectivity index (χ3v) is 13.9. The number of hydrogen-bond acceptors (Lipinski definition) is 16. The van der Waals surface area contributed by atoms with Crippen molar-refractivity contribution >= 4 is 39.6 Å². The van der Waals surface area contributed by atoms with Crippen molar-refractivity contribution in [2.75, 3.05) is 44.8 Å². The molecule has 17 nitrogen and oxygen atoms in total. The Morgan fingerprint density at radius 3 is 2.62 bits per heavy atom. The molecule has 64 heavy (non-hydrogen) atoms. The first kappa shape index (κ1) is 43.9. The van der Waals surface area contributed by atoms with E-state index in [1.807, 2.05) is 24.2 Å². The molecule has 5 heterocycles. The molecule has 1 saturated heterocycles. The molecular weight excluding hydrogens is 829 g/mol. The van der Waals surface area contributed by atoms with E-state index < -0.39 is 55.3 Å². The molecule has 4 aromatic rings. The molecule has 0 bridgehead atoms. The maximum absolute atomic E-state index is 13.7. The number of aliphatic hydroxyl groups is 5. The van der Waals surface area contributed by atoms with Gasteiger partial charge in [0, 0.05) is 73.3 Å². The number of allylic oxidation sites excluding steroid dienone is 1. The van der Waals surface area contributed by atoms with Crippen molar-refractivity contribution in [2.45, 2.75) is 81.1 Å². The van der Waals surface area contributed by atoms with Gasteiger partial charge in [0.15, 0.2) is 16.8 Å². The molecule has 0 unspecified atom stereocenters. The smallest absolute Gasteiger partial charge is 0.220 e. The van der Waals surface area contributed by atoms with Gasteiger partial charge >= 0.3 is 0 Å². The van der Waals surface area contributed by atoms with Crippen molar-refractivity contribution < 1.29 is 59.5 Å². The first-order valence-electron chi connectivity index (χ1n) is 21.7. The second-order valence-electron chi connectivity index (χ2n) is 18.0. The molecule has 9 rings (SSSR count). The van der Waals surface area contributed by atoms with Gasteiger partial charge in [0.2, 0.25) is 5.91 Å². The molecule has 1 saturated carbocycles. The average molecular weight is 883 g/mol. The minimum Gasteiger partial charge on any atom is -0.508 e. The zero-order valence-corrected chi connectivity index (χ0v) is 35.6. The first-order valence-corrected chi connectivity index (χ1v) is 21.7. The lowest BCUT2D eigenvalue weighted by Crippen LogP contribution is -2.63. The molecule has 340 valence electrons. The van der Waals surface area contributed by atoms with Crippen molar-refractivity contribution in [3.05, 3.63) is 93.1 Å². The highest BCUT2D eigenvalue weighted by atomic mass is 17.2. The molecule has 4 aliphatic heterocycles. The summed E-state index contributed by atoms with van der Waals surface area (Å²) >= 11 is 0. The number of anilines is 1. The number of nitrogens with one attached hydrogen (secondary N) is 2. The summed E-state index contributed by atoms with van der Waals surface area (Å²) in [5.41, 5.74) is -0.145. The van der Waals surface area contributed by atoms with Crippen LogP contribution in [0, 0.1) is 24.7 Å². The topological polar surface area (TPSA) is 256 Å². The van der Waals surface area contributed by atoms with Crippen LogP contribution in [-0.4, -0.2) is 123 Å². The predicted molar refractivity (Wildman–Crippen MR) is 234 cm³/mol. The number of phenolic OH excluding ortho intramolecular Hbond substituents is 2. The minimum atomic E-state index is -2.42. The SMILES string of the molecule is CNC[C@@H]1CC[C@H]([C@@H]2CNC(=O)C2)C[C@]12Oc1c(cc3c(=O)cc(C)oc3c1N1C=C3N=CC=C3C1)C[C@H]2OOC[C@@](O)(Cc1ccc(O)c2ccc(O)cc12)[C@@H](O)[C@H](O)[C@H](O)CO. The number of phenols is 2. The summed E-state index contributed by atoms with van der Waals surface area (Å²) in [5.74, 6) is 0.531. The van der Waals surface area contributed by atoms with E-state index in [1.165, 1.54) is 36.4 Å². The Morgan fingerprint density at radius 2 is 1.88 bits per heavy atom. The molecule has 1 aliphatic carbocycles. The van der Waals surface area contributed by atoms with Crippen LogP contribution in [0.25, 0.3) is 21.7 Å². The van der Waals surface area contributed by atoms with E-state index >= 15 is 0 Å². The maximum atomic E-state index is 13.7. The lowest BCUT2D eigenvalue weighted by atomic mass is 9.63. The van der Waals surface area contributed by atoms with Gasteiger partial charge in [0.25, 0.3) is 0 Å². The summed E-state index contributed by atoms with van der Waals surface area (Å²) in [7, 11) is 1.85. The van der Waals surface area contributed by atoms with Crippen LogP contribution in [0.5, 0.6) is 17.2 Å². The van der Waals surface area contributed by atoms with Crippen LogP contribution in [0.1, 0.15) is 42.6 Å². The quantitative estimate of drug-likeness (QED) is 0.0650. The number of aliphatic hydroxyl groups excluding tert-OH is 4. The number of hydrogen-bond donors (Lipinski definition) is 9. The molecule has 1 amide bonds. The first-order chi connectivity index (χ1) is 30.7. The van der Waals surface area contributed by atoms with Crippen molar-refractivity contribution in [3.63, 3.8) is 0 Å². The highest BCUT2D eigenvalue weighted by molar-refractivity contribution is 5.96. The summed E-state index contributed by atoms with van der Waals surface area (Å²) in [5, 5.41) is 83.4. The number of aryl methyl sites for hydroxylation is 1. The highest BCUT2D eigenvalue weighted by Gasteiger charge is 2.57. The van der Waals surface area contributed by atoms with Gasteiger partial charge < -0.3 is 60.4 Å². The molecule has 1 aromatic heterocycles. The largest absolute Gasteiger partial charge is 0.508 e. The molecule has 5 aliphatic rings. The lowest BCUT2D eigenvalue weighted by molar-refractivity contribution is -0.378. The summed E-state index contributed by atoms with van der Waals surface area (Å²) in [6, 6.07) is 10.3. The molecule has 9 N–H and O–H groups in total. The van der Waals surface area contributed by atoms with Crippen LogP contribution >= 0.6 is 0 Å². The van der Waals surface area contributed by atoms with Gasteiger partial charge in [-0.1, -0.05) is 6.07 Å². The van der Waals surface area contributed by atoms with Gasteiger partial charge in [0.05, 0.1) is 24.2 Å². The Labute approximate surface area is 367 Å². The van der Waals surface area contributed by atoms with Crippen molar-refractivity contribution in [2.24, 2.45) is 22.7 Å². The molecule has 17 heteroatoms. The molecule has 9 atom stereocenters. The summed E-state index contributed by atoms with van der Waals surface area (Å²) in [6.45, 7) is 1.48. The van der Waals surface area contributed by atoms with Crippen molar-refractivity contribution in [1.82, 2.24) is 10.6 Å². The second-order valence-corrected chi connectivity index (χ2v) is 18.0. The van der Waals surface area contributed by atoms with Gasteiger partial charge in [-0.15, -0.1) is 0 Å². The van der Waals surface area contributed by atoms with Crippen molar-refractivity contribution in [3.8, 4) is 17.2 Å². The number of carbonyl (C=O) groups excluding carboxylic acids is 1. The number of rotatable bonds is 14. The number of carbonyl (C=O) groups is 1. The van der Waals surface area contributed by atoms with E-state index in [1.54, 1.807) is 19.2 Å².